The molecule has 4 nitrogen and oxygen atoms in total. The average Bonchev–Trinajstić information content (AvgIpc) is 3.16. The normalized spacial score (nSPS) is 16.9. The molecule has 1 aliphatic carbocycles. The molecule has 0 heterocycles. The summed E-state index contributed by atoms with van der Waals surface area (Å²) in [6.45, 7) is 18.8. The molecule has 2 aromatic carbocycles. The van der Waals surface area contributed by atoms with Crippen molar-refractivity contribution in [1.29, 1.82) is 0 Å². The van der Waals surface area contributed by atoms with E-state index in [1.165, 1.54) is 18.1 Å². The molecule has 0 aliphatic heterocycles. The number of phenolic OH excluding ortho intramolecular Hbond substituents is 1. The van der Waals surface area contributed by atoms with Gasteiger partial charge in [-0.05, 0) is 89.8 Å². The first kappa shape index (κ1) is 41.5. The van der Waals surface area contributed by atoms with Crippen LogP contribution in [0.1, 0.15) is 111 Å². The van der Waals surface area contributed by atoms with Crippen molar-refractivity contribution in [3.63, 3.8) is 0 Å². The number of allylic oxidation sites excluding steroid dienone is 1. The van der Waals surface area contributed by atoms with Gasteiger partial charge >= 0.3 is 0 Å². The van der Waals surface area contributed by atoms with Crippen LogP contribution in [0.15, 0.2) is 61.2 Å². The Labute approximate surface area is 246 Å². The summed E-state index contributed by atoms with van der Waals surface area (Å²) in [5.41, 5.74) is 3.54. The largest absolute Gasteiger partial charge is 0.508 e. The van der Waals surface area contributed by atoms with Gasteiger partial charge in [0.1, 0.15) is 23.6 Å². The van der Waals surface area contributed by atoms with E-state index < -0.39 is 0 Å². The van der Waals surface area contributed by atoms with Crippen LogP contribution in [0.3, 0.4) is 0 Å². The molecule has 1 aliphatic rings. The molecule has 0 radical (unpaired) electrons. The van der Waals surface area contributed by atoms with E-state index in [2.05, 4.69) is 44.7 Å². The van der Waals surface area contributed by atoms with Gasteiger partial charge in [0.05, 0.1) is 0 Å². The smallest absolute Gasteiger partial charge is 0.136 e. The molecule has 0 amide bonds. The van der Waals surface area contributed by atoms with Crippen LogP contribution in [0.25, 0.3) is 0 Å². The second-order valence-electron chi connectivity index (χ2n) is 9.62. The van der Waals surface area contributed by atoms with Crippen molar-refractivity contribution in [2.45, 2.75) is 114 Å². The Balaban J connectivity index is -0.000000491. The Kier molecular flexibility index (Phi) is 25.9. The summed E-state index contributed by atoms with van der Waals surface area (Å²) in [5.74, 6) is 1.11. The van der Waals surface area contributed by atoms with Gasteiger partial charge in [-0.1, -0.05) is 95.6 Å². The fourth-order valence-corrected chi connectivity index (χ4v) is 4.42. The molecule has 1 N–H and O–H groups in total. The quantitative estimate of drug-likeness (QED) is 0.219. The minimum absolute atomic E-state index is 0. The Morgan fingerprint density at radius 2 is 1.52 bits per heavy atom. The number of aromatic hydroxyl groups is 1. The lowest BCUT2D eigenvalue weighted by molar-refractivity contribution is -0.127. The van der Waals surface area contributed by atoms with E-state index in [0.717, 1.165) is 63.2 Å². The second-order valence-corrected chi connectivity index (χ2v) is 9.62. The third-order valence-corrected chi connectivity index (χ3v) is 6.94. The molecule has 0 saturated heterocycles. The molecule has 0 bridgehead atoms. The van der Waals surface area contributed by atoms with Crippen LogP contribution in [-0.2, 0) is 27.2 Å². The third-order valence-electron chi connectivity index (χ3n) is 6.94. The summed E-state index contributed by atoms with van der Waals surface area (Å²) in [4.78, 5) is 32.0. The lowest BCUT2D eigenvalue weighted by Crippen LogP contribution is -2.28. The zero-order valence-electron chi connectivity index (χ0n) is 25.9. The van der Waals surface area contributed by atoms with Crippen molar-refractivity contribution >= 4 is 17.9 Å². The number of carbonyl (C=O) groups excluding carboxylic acids is 3. The van der Waals surface area contributed by atoms with Gasteiger partial charge in [0.15, 0.2) is 0 Å². The van der Waals surface area contributed by atoms with Crippen molar-refractivity contribution < 1.29 is 19.5 Å². The van der Waals surface area contributed by atoms with E-state index in [9.17, 15) is 9.59 Å². The highest BCUT2D eigenvalue weighted by Gasteiger charge is 2.36. The van der Waals surface area contributed by atoms with Gasteiger partial charge < -0.3 is 9.90 Å². The summed E-state index contributed by atoms with van der Waals surface area (Å²) in [6, 6.07) is 16.0. The maximum Gasteiger partial charge on any atom is 0.136 e. The number of para-hydroxylation sites is 1. The number of hydrogen-bond donors (Lipinski definition) is 1. The topological polar surface area (TPSA) is 71.4 Å². The highest BCUT2D eigenvalue weighted by atomic mass is 16.3. The predicted molar refractivity (Wildman–Crippen MR) is 173 cm³/mol. The SMILES string of the molecule is C.C=CCC1(C(C)=O)CCCC(C(C)=O)CC1.CC.CC=O.CCc1ccc(C)cc1.CCc1ccccc1O. The van der Waals surface area contributed by atoms with Crippen LogP contribution in [0, 0.1) is 18.3 Å². The van der Waals surface area contributed by atoms with Crippen LogP contribution in [-0.4, -0.2) is 23.0 Å². The zero-order valence-corrected chi connectivity index (χ0v) is 25.9. The fraction of sp³-hybridized carbons (Fsp3) is 0.528. The van der Waals surface area contributed by atoms with Crippen molar-refractivity contribution in [2.75, 3.05) is 0 Å². The third kappa shape index (κ3) is 16.8. The van der Waals surface area contributed by atoms with Gasteiger partial charge in [0, 0.05) is 11.3 Å². The van der Waals surface area contributed by atoms with Gasteiger partial charge in [-0.3, -0.25) is 9.59 Å². The van der Waals surface area contributed by atoms with Crippen LogP contribution < -0.4 is 0 Å². The molecule has 2 aromatic rings. The number of phenols is 1. The molecule has 226 valence electrons. The van der Waals surface area contributed by atoms with Crippen LogP contribution in [0.4, 0.5) is 0 Å². The van der Waals surface area contributed by atoms with E-state index in [1.807, 2.05) is 45.0 Å². The summed E-state index contributed by atoms with van der Waals surface area (Å²) >= 11 is 0. The van der Waals surface area contributed by atoms with Crippen LogP contribution in [0.2, 0.25) is 0 Å². The summed E-state index contributed by atoms with van der Waals surface area (Å²) in [5, 5.41) is 9.11. The van der Waals surface area contributed by atoms with Gasteiger partial charge in [-0.2, -0.15) is 0 Å². The first-order valence-corrected chi connectivity index (χ1v) is 14.4. The van der Waals surface area contributed by atoms with E-state index >= 15 is 0 Å². The molecule has 40 heavy (non-hydrogen) atoms. The van der Waals surface area contributed by atoms with Crippen LogP contribution in [0.5, 0.6) is 5.75 Å². The zero-order chi connectivity index (χ0) is 30.3. The molecule has 2 atom stereocenters. The van der Waals surface area contributed by atoms with Crippen molar-refractivity contribution in [3.05, 3.63) is 77.9 Å². The molecule has 0 aromatic heterocycles. The van der Waals surface area contributed by atoms with E-state index in [4.69, 9.17) is 9.90 Å². The Morgan fingerprint density at radius 1 is 0.975 bits per heavy atom. The number of carbonyl (C=O) groups is 3. The molecule has 1 saturated carbocycles. The molecule has 1 fully saturated rings. The number of hydrogen-bond acceptors (Lipinski definition) is 4. The standard InChI is InChI=1S/C14H22O2.C9H12.C8H10O.C2H4O.C2H6.CH4/c1-4-8-14(12(3)16)9-5-6-13(7-10-14)11(2)15;1-3-9-6-4-8(2)5-7-9;1-2-7-5-3-4-6-8(7)9;1-2-3;1-2;/h4,13H,1,5-10H2,2-3H3;4-7H,3H2,1-2H3;3-6,9H,2H2,1H3;2H,1H3;1-2H3;1H4. The van der Waals surface area contributed by atoms with E-state index in [-0.39, 0.29) is 30.3 Å². The lowest BCUT2D eigenvalue weighted by Gasteiger charge is -2.28. The maximum absolute atomic E-state index is 11.8. The number of benzene rings is 2. The highest BCUT2D eigenvalue weighted by molar-refractivity contribution is 5.83. The van der Waals surface area contributed by atoms with Crippen molar-refractivity contribution in [2.24, 2.45) is 11.3 Å². The van der Waals surface area contributed by atoms with E-state index in [0.29, 0.717) is 5.75 Å². The summed E-state index contributed by atoms with van der Waals surface area (Å²) < 4.78 is 0. The molecule has 4 heteroatoms. The molecular weight excluding hydrogens is 496 g/mol. The van der Waals surface area contributed by atoms with Gasteiger partial charge in [0.2, 0.25) is 0 Å². The molecule has 0 spiro atoms. The lowest BCUT2D eigenvalue weighted by atomic mass is 9.74. The van der Waals surface area contributed by atoms with Gasteiger partial charge in [0.25, 0.3) is 0 Å². The number of aryl methyl sites for hydroxylation is 3. The molecular formula is C36H58O4. The number of rotatable bonds is 6. The second kappa shape index (κ2) is 25.0. The number of Topliss-reactive ketones (excluding diaryl/α,β-unsaturated/α-hetero) is 2. The minimum Gasteiger partial charge on any atom is -0.508 e. The van der Waals surface area contributed by atoms with Crippen LogP contribution >= 0.6 is 0 Å². The Hall–Kier alpha value is -3.01. The Bertz CT molecular complexity index is 946. The molecule has 2 unspecified atom stereocenters. The van der Waals surface area contributed by atoms with Gasteiger partial charge in [-0.15, -0.1) is 6.58 Å². The molecule has 3 rings (SSSR count). The average molecular weight is 555 g/mol. The highest BCUT2D eigenvalue weighted by Crippen LogP contribution is 2.41. The van der Waals surface area contributed by atoms with Crippen molar-refractivity contribution in [3.8, 4) is 5.75 Å². The van der Waals surface area contributed by atoms with Gasteiger partial charge in [-0.25, -0.2) is 0 Å². The summed E-state index contributed by atoms with van der Waals surface area (Å²) in [6.07, 6.45) is 9.94. The Morgan fingerprint density at radius 3 is 1.93 bits per heavy atom. The van der Waals surface area contributed by atoms with Crippen molar-refractivity contribution in [1.82, 2.24) is 0 Å². The number of ketones is 2. The summed E-state index contributed by atoms with van der Waals surface area (Å²) in [7, 11) is 0. The van der Waals surface area contributed by atoms with E-state index in [1.54, 1.807) is 19.9 Å². The number of aldehydes is 1. The fourth-order valence-electron chi connectivity index (χ4n) is 4.42. The minimum atomic E-state index is -0.230. The maximum atomic E-state index is 11.8. The first-order chi connectivity index (χ1) is 18.6. The first-order valence-electron chi connectivity index (χ1n) is 14.4. The predicted octanol–water partition coefficient (Wildman–Crippen LogP) is 9.69. The monoisotopic (exact) mass is 554 g/mol.